The smallest absolute Gasteiger partial charge is 0.259 e. The van der Waals surface area contributed by atoms with Gasteiger partial charge < -0.3 is 5.32 Å². The lowest BCUT2D eigenvalue weighted by molar-refractivity contribution is -0.126. The molecular weight excluding hydrogens is 328 g/mol. The number of nitrogens with one attached hydrogen (secondary N) is 2. The zero-order valence-corrected chi connectivity index (χ0v) is 15.9. The highest BCUT2D eigenvalue weighted by Crippen LogP contribution is 2.10. The van der Waals surface area contributed by atoms with Crippen LogP contribution in [0.3, 0.4) is 0 Å². The topological polar surface area (TPSA) is 83.5 Å². The Kier molecular flexibility index (Phi) is 12.6. The molecule has 2 amide bonds. The van der Waals surface area contributed by atoms with Gasteiger partial charge in [0.15, 0.2) is 0 Å². The van der Waals surface area contributed by atoms with Crippen molar-refractivity contribution in [2.24, 2.45) is 5.10 Å². The van der Waals surface area contributed by atoms with Crippen LogP contribution in [0.5, 0.6) is 0 Å². The van der Waals surface area contributed by atoms with Gasteiger partial charge in [-0.3, -0.25) is 14.6 Å². The molecule has 144 valence electrons. The maximum atomic E-state index is 11.7. The van der Waals surface area contributed by atoms with E-state index in [4.69, 9.17) is 0 Å². The summed E-state index contributed by atoms with van der Waals surface area (Å²) in [7, 11) is 0. The van der Waals surface area contributed by atoms with Crippen molar-refractivity contribution in [3.63, 3.8) is 0 Å². The molecule has 2 N–H and O–H groups in total. The highest BCUT2D eigenvalue weighted by Gasteiger charge is 2.04. The summed E-state index contributed by atoms with van der Waals surface area (Å²) in [6.07, 6.45) is 16.3. The quantitative estimate of drug-likeness (QED) is 0.302. The van der Waals surface area contributed by atoms with Gasteiger partial charge in [-0.25, -0.2) is 5.43 Å². The summed E-state index contributed by atoms with van der Waals surface area (Å²) >= 11 is 0. The molecule has 0 aliphatic heterocycles. The third kappa shape index (κ3) is 12.2. The van der Waals surface area contributed by atoms with Crippen molar-refractivity contribution in [1.29, 1.82) is 0 Å². The molecule has 0 bridgehead atoms. The predicted octanol–water partition coefficient (Wildman–Crippen LogP) is 3.57. The Morgan fingerprint density at radius 3 is 2.38 bits per heavy atom. The standard InChI is InChI=1S/C20H32N4O2/c1-2-3-4-5-6-7-8-9-10-13-19(25)22-17-20(26)24-23-16-18-12-11-14-21-15-18/h11-12,14-16H,2-10,13,17H2,1H3,(H,22,25)(H,24,26)/b23-16+. The minimum atomic E-state index is -0.342. The van der Waals surface area contributed by atoms with E-state index < -0.39 is 0 Å². The molecule has 0 atom stereocenters. The largest absolute Gasteiger partial charge is 0.347 e. The molecule has 0 spiro atoms. The van der Waals surface area contributed by atoms with Gasteiger partial charge in [0.1, 0.15) is 0 Å². The van der Waals surface area contributed by atoms with Crippen LogP contribution in [0, 0.1) is 0 Å². The summed E-state index contributed by atoms with van der Waals surface area (Å²) in [5, 5.41) is 6.45. The number of amides is 2. The SMILES string of the molecule is CCCCCCCCCCCC(=O)NCC(=O)N/N=C/c1cccnc1. The first-order valence-electron chi connectivity index (χ1n) is 9.71. The Hall–Kier alpha value is -2.24. The van der Waals surface area contributed by atoms with Crippen molar-refractivity contribution in [1.82, 2.24) is 15.7 Å². The zero-order chi connectivity index (χ0) is 18.9. The number of rotatable bonds is 14. The van der Waals surface area contributed by atoms with Crippen LogP contribution in [-0.2, 0) is 9.59 Å². The molecule has 0 aliphatic carbocycles. The molecule has 0 fully saturated rings. The third-order valence-corrected chi connectivity index (χ3v) is 4.04. The average molecular weight is 361 g/mol. The van der Waals surface area contributed by atoms with Crippen LogP contribution in [0.15, 0.2) is 29.6 Å². The lowest BCUT2D eigenvalue weighted by atomic mass is 10.1. The summed E-state index contributed by atoms with van der Waals surface area (Å²) < 4.78 is 0. The summed E-state index contributed by atoms with van der Waals surface area (Å²) in [4.78, 5) is 27.3. The molecule has 0 radical (unpaired) electrons. The van der Waals surface area contributed by atoms with Gasteiger partial charge in [0, 0.05) is 24.4 Å². The number of unbranched alkanes of at least 4 members (excludes halogenated alkanes) is 8. The van der Waals surface area contributed by atoms with Crippen molar-refractivity contribution in [3.05, 3.63) is 30.1 Å². The molecule has 0 aliphatic rings. The number of carbonyl (C=O) groups excluding carboxylic acids is 2. The number of pyridine rings is 1. The Labute approximate surface area is 156 Å². The number of hydrogen-bond donors (Lipinski definition) is 2. The highest BCUT2D eigenvalue weighted by molar-refractivity contribution is 5.86. The lowest BCUT2D eigenvalue weighted by Gasteiger charge is -2.04. The van der Waals surface area contributed by atoms with E-state index in [1.54, 1.807) is 18.5 Å². The molecule has 1 aromatic rings. The average Bonchev–Trinajstić information content (AvgIpc) is 2.66. The monoisotopic (exact) mass is 360 g/mol. The second-order valence-corrected chi connectivity index (χ2v) is 6.43. The van der Waals surface area contributed by atoms with Crippen molar-refractivity contribution in [2.45, 2.75) is 71.1 Å². The van der Waals surface area contributed by atoms with E-state index in [0.29, 0.717) is 6.42 Å². The molecule has 0 aromatic carbocycles. The van der Waals surface area contributed by atoms with Gasteiger partial charge in [-0.2, -0.15) is 5.10 Å². The van der Waals surface area contributed by atoms with Crippen molar-refractivity contribution >= 4 is 18.0 Å². The molecule has 1 aromatic heterocycles. The summed E-state index contributed by atoms with van der Waals surface area (Å²) in [6, 6.07) is 3.62. The Bertz CT molecular complexity index is 532. The first-order valence-corrected chi connectivity index (χ1v) is 9.71. The van der Waals surface area contributed by atoms with E-state index in [2.05, 4.69) is 27.8 Å². The van der Waals surface area contributed by atoms with Crippen LogP contribution >= 0.6 is 0 Å². The fraction of sp³-hybridized carbons (Fsp3) is 0.600. The number of aromatic nitrogens is 1. The maximum Gasteiger partial charge on any atom is 0.259 e. The van der Waals surface area contributed by atoms with Gasteiger partial charge >= 0.3 is 0 Å². The van der Waals surface area contributed by atoms with Gasteiger partial charge in [0.05, 0.1) is 12.8 Å². The second kappa shape index (κ2) is 15.0. The Balaban J connectivity index is 1.97. The summed E-state index contributed by atoms with van der Waals surface area (Å²) in [5.74, 6) is -0.426. The molecule has 1 heterocycles. The van der Waals surface area contributed by atoms with Crippen molar-refractivity contribution in [2.75, 3.05) is 6.54 Å². The van der Waals surface area contributed by atoms with Gasteiger partial charge in [0.2, 0.25) is 5.91 Å². The highest BCUT2D eigenvalue weighted by atomic mass is 16.2. The maximum absolute atomic E-state index is 11.7. The third-order valence-electron chi connectivity index (χ3n) is 4.04. The summed E-state index contributed by atoms with van der Waals surface area (Å²) in [6.45, 7) is 2.17. The van der Waals surface area contributed by atoms with Gasteiger partial charge in [-0.05, 0) is 12.5 Å². The van der Waals surface area contributed by atoms with Crippen LogP contribution in [0.2, 0.25) is 0 Å². The molecule has 0 unspecified atom stereocenters. The Morgan fingerprint density at radius 2 is 1.73 bits per heavy atom. The summed E-state index contributed by atoms with van der Waals surface area (Å²) in [5.41, 5.74) is 3.17. The van der Waals surface area contributed by atoms with Crippen molar-refractivity contribution in [3.8, 4) is 0 Å². The molecule has 6 nitrogen and oxygen atoms in total. The number of carbonyl (C=O) groups is 2. The fourth-order valence-electron chi connectivity index (χ4n) is 2.53. The lowest BCUT2D eigenvalue weighted by Crippen LogP contribution is -2.34. The zero-order valence-electron chi connectivity index (χ0n) is 15.9. The van der Waals surface area contributed by atoms with Gasteiger partial charge in [-0.15, -0.1) is 0 Å². The fourth-order valence-corrected chi connectivity index (χ4v) is 2.53. The van der Waals surface area contributed by atoms with E-state index in [-0.39, 0.29) is 18.4 Å². The first kappa shape index (κ1) is 21.8. The van der Waals surface area contributed by atoms with Crippen LogP contribution in [-0.4, -0.2) is 29.6 Å². The minimum Gasteiger partial charge on any atom is -0.347 e. The van der Waals surface area contributed by atoms with E-state index in [9.17, 15) is 9.59 Å². The molecule has 1 rings (SSSR count). The van der Waals surface area contributed by atoms with Gasteiger partial charge in [0.25, 0.3) is 5.91 Å². The van der Waals surface area contributed by atoms with Crippen LogP contribution in [0.25, 0.3) is 0 Å². The number of hydrogen-bond acceptors (Lipinski definition) is 4. The molecular formula is C20H32N4O2. The predicted molar refractivity (Wildman–Crippen MR) is 105 cm³/mol. The van der Waals surface area contributed by atoms with E-state index in [0.717, 1.165) is 18.4 Å². The van der Waals surface area contributed by atoms with Crippen LogP contribution < -0.4 is 10.7 Å². The van der Waals surface area contributed by atoms with Crippen LogP contribution in [0.1, 0.15) is 76.7 Å². The molecule has 26 heavy (non-hydrogen) atoms. The van der Waals surface area contributed by atoms with Crippen molar-refractivity contribution < 1.29 is 9.59 Å². The van der Waals surface area contributed by atoms with E-state index in [1.165, 1.54) is 51.2 Å². The number of nitrogens with zero attached hydrogens (tertiary/aromatic N) is 2. The molecule has 6 heteroatoms. The van der Waals surface area contributed by atoms with E-state index >= 15 is 0 Å². The number of hydrazone groups is 1. The van der Waals surface area contributed by atoms with Gasteiger partial charge in [-0.1, -0.05) is 64.4 Å². The van der Waals surface area contributed by atoms with E-state index in [1.807, 2.05) is 6.07 Å². The Morgan fingerprint density at radius 1 is 1.04 bits per heavy atom. The van der Waals surface area contributed by atoms with Crippen LogP contribution in [0.4, 0.5) is 0 Å². The second-order valence-electron chi connectivity index (χ2n) is 6.43. The first-order chi connectivity index (χ1) is 12.7. The molecule has 0 saturated carbocycles. The molecule has 0 saturated heterocycles. The normalized spacial score (nSPS) is 10.8. The minimum absolute atomic E-state index is 0.0549.